The van der Waals surface area contributed by atoms with Crippen LogP contribution in [0.5, 0.6) is 0 Å². The molecular weight excluding hydrogens is 258 g/mol. The molecule has 19 heavy (non-hydrogen) atoms. The number of carbonyl (C=O) groups excluding carboxylic acids is 1. The predicted octanol–water partition coefficient (Wildman–Crippen LogP) is 2.69. The van der Waals surface area contributed by atoms with Crippen LogP contribution in [0.4, 0.5) is 0 Å². The van der Waals surface area contributed by atoms with Crippen LogP contribution in [0, 0.1) is 5.41 Å². The zero-order valence-corrected chi connectivity index (χ0v) is 12.7. The Kier molecular flexibility index (Phi) is 4.02. The van der Waals surface area contributed by atoms with Crippen LogP contribution in [0.2, 0.25) is 0 Å². The molecular formula is C15H23NO2S. The van der Waals surface area contributed by atoms with Crippen molar-refractivity contribution in [2.24, 2.45) is 5.41 Å². The third-order valence-corrected chi connectivity index (χ3v) is 4.95. The minimum atomic E-state index is -0.385. The highest BCUT2D eigenvalue weighted by Gasteiger charge is 2.51. The van der Waals surface area contributed by atoms with Gasteiger partial charge in [0.05, 0.1) is 11.5 Å². The molecule has 1 unspecified atom stereocenters. The van der Waals surface area contributed by atoms with Crippen molar-refractivity contribution in [1.82, 2.24) is 5.32 Å². The molecule has 1 aromatic rings. The third kappa shape index (κ3) is 3.18. The number of hydrogen-bond donors (Lipinski definition) is 2. The second kappa shape index (κ2) is 5.25. The molecule has 1 amide bonds. The van der Waals surface area contributed by atoms with Gasteiger partial charge in [-0.15, -0.1) is 11.3 Å². The second-order valence-electron chi connectivity index (χ2n) is 6.49. The SMILES string of the molecule is CC(C)(C)C(O)CCNC(=O)C1(c2cccs2)CC1. The molecule has 1 atom stereocenters. The van der Waals surface area contributed by atoms with Gasteiger partial charge in [0, 0.05) is 11.4 Å². The number of rotatable bonds is 5. The summed E-state index contributed by atoms with van der Waals surface area (Å²) in [6.07, 6.45) is 2.11. The summed E-state index contributed by atoms with van der Waals surface area (Å²) in [5, 5.41) is 15.0. The smallest absolute Gasteiger partial charge is 0.231 e. The van der Waals surface area contributed by atoms with Crippen LogP contribution in [0.1, 0.15) is 44.9 Å². The Morgan fingerprint density at radius 3 is 2.68 bits per heavy atom. The van der Waals surface area contributed by atoms with Crippen LogP contribution in [0.15, 0.2) is 17.5 Å². The second-order valence-corrected chi connectivity index (χ2v) is 7.43. The minimum absolute atomic E-state index is 0.121. The van der Waals surface area contributed by atoms with Crippen LogP contribution in [-0.2, 0) is 10.2 Å². The summed E-state index contributed by atoms with van der Waals surface area (Å²) in [6, 6.07) is 4.04. The largest absolute Gasteiger partial charge is 0.393 e. The third-order valence-electron chi connectivity index (χ3n) is 3.88. The molecule has 2 N–H and O–H groups in total. The zero-order valence-electron chi connectivity index (χ0n) is 11.9. The molecule has 0 saturated heterocycles. The van der Waals surface area contributed by atoms with Gasteiger partial charge in [0.15, 0.2) is 0 Å². The van der Waals surface area contributed by atoms with Crippen molar-refractivity contribution < 1.29 is 9.90 Å². The van der Waals surface area contributed by atoms with Gasteiger partial charge < -0.3 is 10.4 Å². The first-order valence-corrected chi connectivity index (χ1v) is 7.74. The van der Waals surface area contributed by atoms with Gasteiger partial charge in [-0.05, 0) is 36.1 Å². The van der Waals surface area contributed by atoms with Crippen LogP contribution < -0.4 is 5.32 Å². The fourth-order valence-electron chi connectivity index (χ4n) is 2.19. The quantitative estimate of drug-likeness (QED) is 0.872. The molecule has 106 valence electrons. The minimum Gasteiger partial charge on any atom is -0.393 e. The molecule has 2 rings (SSSR count). The van der Waals surface area contributed by atoms with Gasteiger partial charge in [-0.3, -0.25) is 4.79 Å². The first-order chi connectivity index (χ1) is 8.86. The summed E-state index contributed by atoms with van der Waals surface area (Å²) in [5.41, 5.74) is -0.392. The molecule has 1 fully saturated rings. The topological polar surface area (TPSA) is 49.3 Å². The first-order valence-electron chi connectivity index (χ1n) is 6.87. The highest BCUT2D eigenvalue weighted by atomic mass is 32.1. The zero-order chi connectivity index (χ0) is 14.1. The lowest BCUT2D eigenvalue weighted by Crippen LogP contribution is -2.37. The lowest BCUT2D eigenvalue weighted by Gasteiger charge is -2.26. The Balaban J connectivity index is 1.83. The van der Waals surface area contributed by atoms with Gasteiger partial charge in [0.1, 0.15) is 0 Å². The molecule has 1 aliphatic carbocycles. The van der Waals surface area contributed by atoms with Gasteiger partial charge >= 0.3 is 0 Å². The van der Waals surface area contributed by atoms with Crippen molar-refractivity contribution >= 4 is 17.2 Å². The lowest BCUT2D eigenvalue weighted by molar-refractivity contribution is -0.123. The monoisotopic (exact) mass is 281 g/mol. The average molecular weight is 281 g/mol. The maximum Gasteiger partial charge on any atom is 0.231 e. The summed E-state index contributed by atoms with van der Waals surface area (Å²) < 4.78 is 0. The summed E-state index contributed by atoms with van der Waals surface area (Å²) in [5.74, 6) is 0.121. The summed E-state index contributed by atoms with van der Waals surface area (Å²) >= 11 is 1.65. The number of carbonyl (C=O) groups is 1. The van der Waals surface area contributed by atoms with E-state index in [-0.39, 0.29) is 22.8 Å². The van der Waals surface area contributed by atoms with Crippen molar-refractivity contribution in [3.05, 3.63) is 22.4 Å². The normalized spacial score (nSPS) is 18.9. The molecule has 1 heterocycles. The molecule has 3 nitrogen and oxygen atoms in total. The van der Waals surface area contributed by atoms with Crippen molar-refractivity contribution in [1.29, 1.82) is 0 Å². The van der Waals surface area contributed by atoms with Crippen molar-refractivity contribution in [2.75, 3.05) is 6.54 Å². The van der Waals surface area contributed by atoms with Gasteiger partial charge in [0.2, 0.25) is 5.91 Å². The van der Waals surface area contributed by atoms with E-state index in [1.165, 1.54) is 4.88 Å². The Bertz CT molecular complexity index is 429. The van der Waals surface area contributed by atoms with E-state index in [1.807, 2.05) is 38.3 Å². The van der Waals surface area contributed by atoms with Crippen LogP contribution in [0.3, 0.4) is 0 Å². The fourth-order valence-corrected chi connectivity index (χ4v) is 3.17. The lowest BCUT2D eigenvalue weighted by atomic mass is 9.87. The number of aliphatic hydroxyl groups is 1. The van der Waals surface area contributed by atoms with Crippen LogP contribution in [0.25, 0.3) is 0 Å². The standard InChI is InChI=1S/C15H23NO2S/c1-14(2,3)11(17)6-9-16-13(18)15(7-8-15)12-5-4-10-19-12/h4-5,10-11,17H,6-9H2,1-3H3,(H,16,18). The Labute approximate surface area is 119 Å². The number of thiophene rings is 1. The average Bonchev–Trinajstić information content (AvgIpc) is 2.96. The van der Waals surface area contributed by atoms with Gasteiger partial charge in [-0.25, -0.2) is 0 Å². The molecule has 1 aromatic heterocycles. The molecule has 0 spiro atoms. The Hall–Kier alpha value is -0.870. The number of aliphatic hydroxyl groups excluding tert-OH is 1. The predicted molar refractivity (Wildman–Crippen MR) is 78.3 cm³/mol. The molecule has 1 saturated carbocycles. The Morgan fingerprint density at radius 1 is 1.53 bits per heavy atom. The van der Waals surface area contributed by atoms with E-state index in [4.69, 9.17) is 0 Å². The number of hydrogen-bond acceptors (Lipinski definition) is 3. The summed E-state index contributed by atoms with van der Waals surface area (Å²) in [4.78, 5) is 13.4. The maximum absolute atomic E-state index is 12.3. The van der Waals surface area contributed by atoms with Crippen LogP contribution >= 0.6 is 11.3 Å². The molecule has 0 bridgehead atoms. The first kappa shape index (κ1) is 14.5. The molecule has 4 heteroatoms. The van der Waals surface area contributed by atoms with E-state index in [1.54, 1.807) is 11.3 Å². The molecule has 0 aliphatic heterocycles. The molecule has 0 radical (unpaired) electrons. The summed E-state index contributed by atoms with van der Waals surface area (Å²) in [6.45, 7) is 6.57. The van der Waals surface area contributed by atoms with E-state index < -0.39 is 0 Å². The highest BCUT2D eigenvalue weighted by Crippen LogP contribution is 2.50. The molecule has 1 aliphatic rings. The summed E-state index contributed by atoms with van der Waals surface area (Å²) in [7, 11) is 0. The van der Waals surface area contributed by atoms with Crippen molar-refractivity contribution in [3.8, 4) is 0 Å². The molecule has 0 aromatic carbocycles. The number of amides is 1. The van der Waals surface area contributed by atoms with Crippen molar-refractivity contribution in [2.45, 2.75) is 51.6 Å². The van der Waals surface area contributed by atoms with E-state index in [9.17, 15) is 9.90 Å². The van der Waals surface area contributed by atoms with E-state index in [0.29, 0.717) is 13.0 Å². The van der Waals surface area contributed by atoms with Crippen molar-refractivity contribution in [3.63, 3.8) is 0 Å². The Morgan fingerprint density at radius 2 is 2.21 bits per heavy atom. The maximum atomic E-state index is 12.3. The highest BCUT2D eigenvalue weighted by molar-refractivity contribution is 7.10. The van der Waals surface area contributed by atoms with E-state index in [0.717, 1.165) is 12.8 Å². The number of nitrogens with one attached hydrogen (secondary N) is 1. The van der Waals surface area contributed by atoms with Gasteiger partial charge in [-0.1, -0.05) is 26.8 Å². The van der Waals surface area contributed by atoms with Gasteiger partial charge in [-0.2, -0.15) is 0 Å². The fraction of sp³-hybridized carbons (Fsp3) is 0.667. The van der Waals surface area contributed by atoms with E-state index in [2.05, 4.69) is 5.32 Å². The van der Waals surface area contributed by atoms with E-state index >= 15 is 0 Å². The van der Waals surface area contributed by atoms with Crippen LogP contribution in [-0.4, -0.2) is 23.7 Å². The van der Waals surface area contributed by atoms with Gasteiger partial charge in [0.25, 0.3) is 0 Å².